The molecule has 0 N–H and O–H groups in total. The molecule has 3 aromatic rings. The highest BCUT2D eigenvalue weighted by Crippen LogP contribution is 2.35. The van der Waals surface area contributed by atoms with Gasteiger partial charge in [-0.05, 0) is 26.0 Å². The van der Waals surface area contributed by atoms with E-state index in [1.165, 1.54) is 13.2 Å². The SMILES string of the molecule is COc1cc(N2CCN(C(C=O)n3nc(C)c(Cl)c3-c3ncccn3)[C@@H](C)C2)c(F)cc1Cl. The molecule has 4 rings (SSSR count). The molecule has 0 radical (unpaired) electrons. The van der Waals surface area contributed by atoms with Crippen LogP contribution in [-0.2, 0) is 4.79 Å². The molecule has 0 aliphatic carbocycles. The number of piperazine rings is 1. The van der Waals surface area contributed by atoms with Crippen LogP contribution in [0.4, 0.5) is 10.1 Å². The summed E-state index contributed by atoms with van der Waals surface area (Å²) in [5.74, 6) is 0.367. The number of rotatable bonds is 6. The first-order chi connectivity index (χ1) is 15.8. The number of benzene rings is 1. The standard InChI is InChI=1S/C22H23Cl2FN6O2/c1-13-11-29(17-10-18(33-3)15(23)9-16(17)25)7-8-30(13)19(12-32)31-21(20(24)14(2)28-31)22-26-5-4-6-27-22/h4-6,9-10,12-13,19H,7-8,11H2,1-3H3/t13-,19?/m0/s1. The van der Waals surface area contributed by atoms with E-state index < -0.39 is 12.0 Å². The molecule has 8 nitrogen and oxygen atoms in total. The Hall–Kier alpha value is -2.75. The molecule has 2 atom stereocenters. The molecular weight excluding hydrogens is 470 g/mol. The third-order valence-corrected chi connectivity index (χ3v) is 6.49. The van der Waals surface area contributed by atoms with Gasteiger partial charge in [0.05, 0.1) is 28.5 Å². The van der Waals surface area contributed by atoms with E-state index in [4.69, 9.17) is 27.9 Å². The van der Waals surface area contributed by atoms with E-state index in [-0.39, 0.29) is 11.1 Å². The van der Waals surface area contributed by atoms with Crippen molar-refractivity contribution in [3.63, 3.8) is 0 Å². The van der Waals surface area contributed by atoms with Gasteiger partial charge in [0.2, 0.25) is 0 Å². The van der Waals surface area contributed by atoms with Gasteiger partial charge in [0, 0.05) is 44.1 Å². The summed E-state index contributed by atoms with van der Waals surface area (Å²) in [5, 5.41) is 5.13. The normalized spacial score (nSPS) is 17.8. The number of halogens is 3. The number of aldehydes is 1. The van der Waals surface area contributed by atoms with Crippen molar-refractivity contribution in [2.75, 3.05) is 31.6 Å². The Morgan fingerprint density at radius 2 is 1.97 bits per heavy atom. The molecule has 1 aromatic carbocycles. The van der Waals surface area contributed by atoms with Crippen molar-refractivity contribution in [2.24, 2.45) is 0 Å². The molecule has 0 amide bonds. The molecular formula is C22H23Cl2FN6O2. The fourth-order valence-electron chi connectivity index (χ4n) is 4.12. The Morgan fingerprint density at radius 3 is 2.61 bits per heavy atom. The van der Waals surface area contributed by atoms with Crippen LogP contribution in [0.2, 0.25) is 10.0 Å². The Balaban J connectivity index is 1.63. The number of nitrogens with zero attached hydrogens (tertiary/aromatic N) is 6. The van der Waals surface area contributed by atoms with Crippen molar-refractivity contribution in [3.8, 4) is 17.3 Å². The third-order valence-electron chi connectivity index (χ3n) is 5.74. The van der Waals surface area contributed by atoms with Gasteiger partial charge < -0.3 is 9.64 Å². The second-order valence-corrected chi connectivity index (χ2v) is 8.57. The fraction of sp³-hybridized carbons (Fsp3) is 0.364. The fourth-order valence-corrected chi connectivity index (χ4v) is 4.55. The molecule has 2 aromatic heterocycles. The number of carbonyl (C=O) groups excluding carboxylic acids is 1. The number of ether oxygens (including phenoxy) is 1. The second kappa shape index (κ2) is 9.62. The molecule has 1 aliphatic rings. The molecule has 1 fully saturated rings. The lowest BCUT2D eigenvalue weighted by atomic mass is 10.1. The summed E-state index contributed by atoms with van der Waals surface area (Å²) < 4.78 is 21.5. The molecule has 11 heteroatoms. The van der Waals surface area contributed by atoms with Crippen LogP contribution >= 0.6 is 23.2 Å². The monoisotopic (exact) mass is 492 g/mol. The Labute approximate surface area is 200 Å². The lowest BCUT2D eigenvalue weighted by Gasteiger charge is -2.43. The number of aryl methyl sites for hydroxylation is 1. The highest BCUT2D eigenvalue weighted by Gasteiger charge is 2.34. The van der Waals surface area contributed by atoms with Crippen molar-refractivity contribution in [3.05, 3.63) is 52.1 Å². The minimum atomic E-state index is -0.725. The van der Waals surface area contributed by atoms with Crippen LogP contribution in [0.1, 0.15) is 18.8 Å². The number of hydrogen-bond donors (Lipinski definition) is 0. The van der Waals surface area contributed by atoms with Crippen LogP contribution in [0, 0.1) is 12.7 Å². The van der Waals surface area contributed by atoms with Gasteiger partial charge in [0.25, 0.3) is 0 Å². The molecule has 1 saturated heterocycles. The summed E-state index contributed by atoms with van der Waals surface area (Å²) in [6.07, 6.45) is 3.32. The summed E-state index contributed by atoms with van der Waals surface area (Å²) >= 11 is 12.6. The maximum atomic E-state index is 14.7. The zero-order chi connectivity index (χ0) is 23.7. The Kier molecular flexibility index (Phi) is 6.83. The zero-order valence-corrected chi connectivity index (χ0v) is 19.9. The van der Waals surface area contributed by atoms with E-state index >= 15 is 0 Å². The van der Waals surface area contributed by atoms with Crippen LogP contribution in [0.3, 0.4) is 0 Å². The maximum Gasteiger partial charge on any atom is 0.179 e. The minimum absolute atomic E-state index is 0.108. The van der Waals surface area contributed by atoms with Crippen molar-refractivity contribution < 1.29 is 13.9 Å². The first-order valence-electron chi connectivity index (χ1n) is 10.4. The first kappa shape index (κ1) is 23.4. The highest BCUT2D eigenvalue weighted by molar-refractivity contribution is 6.33. The maximum absolute atomic E-state index is 14.7. The molecule has 174 valence electrons. The third kappa shape index (κ3) is 4.40. The van der Waals surface area contributed by atoms with E-state index in [1.54, 1.807) is 36.1 Å². The molecule has 0 saturated carbocycles. The van der Waals surface area contributed by atoms with Gasteiger partial charge in [-0.2, -0.15) is 5.10 Å². The Morgan fingerprint density at radius 1 is 1.24 bits per heavy atom. The average Bonchev–Trinajstić information content (AvgIpc) is 3.10. The van der Waals surface area contributed by atoms with Crippen molar-refractivity contribution in [1.29, 1.82) is 0 Å². The van der Waals surface area contributed by atoms with Crippen molar-refractivity contribution in [2.45, 2.75) is 26.1 Å². The second-order valence-electron chi connectivity index (χ2n) is 7.79. The predicted octanol–water partition coefficient (Wildman–Crippen LogP) is 4.01. The summed E-state index contributed by atoms with van der Waals surface area (Å²) in [6, 6.07) is 4.44. The Bertz CT molecular complexity index is 1160. The van der Waals surface area contributed by atoms with Crippen LogP contribution in [-0.4, -0.2) is 63.7 Å². The number of anilines is 1. The van der Waals surface area contributed by atoms with E-state index in [9.17, 15) is 9.18 Å². The van der Waals surface area contributed by atoms with E-state index in [1.807, 2.05) is 16.7 Å². The first-order valence-corrected chi connectivity index (χ1v) is 11.1. The van der Waals surface area contributed by atoms with E-state index in [2.05, 4.69) is 15.1 Å². The molecule has 1 aliphatic heterocycles. The van der Waals surface area contributed by atoms with Gasteiger partial charge >= 0.3 is 0 Å². The molecule has 0 bridgehead atoms. The number of carbonyl (C=O) groups is 1. The van der Waals surface area contributed by atoms with E-state index in [0.29, 0.717) is 53.3 Å². The average molecular weight is 493 g/mol. The largest absolute Gasteiger partial charge is 0.495 e. The van der Waals surface area contributed by atoms with Crippen LogP contribution in [0.25, 0.3) is 11.5 Å². The summed E-state index contributed by atoms with van der Waals surface area (Å²) in [7, 11) is 1.49. The number of aromatic nitrogens is 4. The van der Waals surface area contributed by atoms with Gasteiger partial charge in [-0.25, -0.2) is 19.0 Å². The van der Waals surface area contributed by atoms with Crippen molar-refractivity contribution >= 4 is 35.2 Å². The predicted molar refractivity (Wildman–Crippen MR) is 124 cm³/mol. The number of hydrogen-bond acceptors (Lipinski definition) is 7. The molecule has 1 unspecified atom stereocenters. The van der Waals surface area contributed by atoms with Gasteiger partial charge in [0.1, 0.15) is 17.3 Å². The summed E-state index contributed by atoms with van der Waals surface area (Å²) in [4.78, 5) is 24.8. The van der Waals surface area contributed by atoms with Gasteiger partial charge in [-0.3, -0.25) is 9.69 Å². The van der Waals surface area contributed by atoms with E-state index in [0.717, 1.165) is 6.29 Å². The summed E-state index contributed by atoms with van der Waals surface area (Å²) in [5.41, 5.74) is 1.46. The lowest BCUT2D eigenvalue weighted by Crippen LogP contribution is -2.54. The molecule has 0 spiro atoms. The van der Waals surface area contributed by atoms with Crippen molar-refractivity contribution in [1.82, 2.24) is 24.6 Å². The smallest absolute Gasteiger partial charge is 0.179 e. The lowest BCUT2D eigenvalue weighted by molar-refractivity contribution is -0.117. The molecule has 33 heavy (non-hydrogen) atoms. The zero-order valence-electron chi connectivity index (χ0n) is 18.4. The highest BCUT2D eigenvalue weighted by atomic mass is 35.5. The van der Waals surface area contributed by atoms with Crippen LogP contribution in [0.15, 0.2) is 30.6 Å². The van der Waals surface area contributed by atoms with Crippen LogP contribution in [0.5, 0.6) is 5.75 Å². The quantitative estimate of drug-likeness (QED) is 0.481. The van der Waals surface area contributed by atoms with Gasteiger partial charge in [0.15, 0.2) is 18.3 Å². The topological polar surface area (TPSA) is 76.4 Å². The van der Waals surface area contributed by atoms with Gasteiger partial charge in [-0.15, -0.1) is 0 Å². The number of methoxy groups -OCH3 is 1. The summed E-state index contributed by atoms with van der Waals surface area (Å²) in [6.45, 7) is 5.20. The van der Waals surface area contributed by atoms with Crippen LogP contribution < -0.4 is 9.64 Å². The minimum Gasteiger partial charge on any atom is -0.495 e. The molecule has 3 heterocycles. The van der Waals surface area contributed by atoms with Gasteiger partial charge in [-0.1, -0.05) is 23.2 Å².